The van der Waals surface area contributed by atoms with Crippen LogP contribution in [-0.4, -0.2) is 19.6 Å². The second-order valence-electron chi connectivity index (χ2n) is 6.97. The maximum Gasteiger partial charge on any atom is 0.238 e. The molecule has 0 unspecified atom stereocenters. The maximum absolute atomic E-state index is 13.4. The van der Waals surface area contributed by atoms with E-state index in [-0.39, 0.29) is 18.5 Å². The van der Waals surface area contributed by atoms with Crippen molar-refractivity contribution in [1.29, 1.82) is 0 Å². The van der Waals surface area contributed by atoms with Crippen molar-refractivity contribution < 1.29 is 22.7 Å². The molecule has 2 N–H and O–H groups in total. The number of halogens is 2. The molecule has 3 aromatic carbocycles. The zero-order valence-electron chi connectivity index (χ0n) is 16.5. The standard InChI is InChI=1S/C23H20F2N2O3/c1-13(14-7-8-17(24)18(25)9-14)26-12-23(28)27-19-11-21-16(10-22(19)29-2)15-5-3-4-6-20(15)30-21/h3-11,13,26H,12H2,1-2H3,(H,27,28)/t13-/m0/s1. The normalized spacial score (nSPS) is 12.3. The average molecular weight is 410 g/mol. The lowest BCUT2D eigenvalue weighted by atomic mass is 10.1. The van der Waals surface area contributed by atoms with Crippen LogP contribution in [-0.2, 0) is 4.79 Å². The Morgan fingerprint density at radius 1 is 1.03 bits per heavy atom. The highest BCUT2D eigenvalue weighted by atomic mass is 19.2. The summed E-state index contributed by atoms with van der Waals surface area (Å²) in [6.45, 7) is 1.74. The zero-order chi connectivity index (χ0) is 21.3. The SMILES string of the molecule is COc1cc2c(cc1NC(=O)CN[C@@H](C)c1ccc(F)c(F)c1)oc1ccccc12. The molecule has 30 heavy (non-hydrogen) atoms. The van der Waals surface area contributed by atoms with Crippen molar-refractivity contribution in [2.24, 2.45) is 0 Å². The molecule has 5 nitrogen and oxygen atoms in total. The number of furan rings is 1. The number of carbonyl (C=O) groups excluding carboxylic acids is 1. The quantitative estimate of drug-likeness (QED) is 0.461. The predicted octanol–water partition coefficient (Wildman–Crippen LogP) is 5.16. The van der Waals surface area contributed by atoms with Gasteiger partial charge in [0, 0.05) is 22.9 Å². The number of anilines is 1. The Bertz CT molecular complexity index is 1240. The van der Waals surface area contributed by atoms with Gasteiger partial charge >= 0.3 is 0 Å². The first-order chi connectivity index (χ1) is 14.5. The molecule has 1 amide bonds. The minimum absolute atomic E-state index is 0.0263. The summed E-state index contributed by atoms with van der Waals surface area (Å²) in [4.78, 5) is 12.5. The number of hydrogen-bond donors (Lipinski definition) is 2. The van der Waals surface area contributed by atoms with E-state index in [0.29, 0.717) is 22.6 Å². The van der Waals surface area contributed by atoms with Gasteiger partial charge in [0.05, 0.1) is 19.3 Å². The van der Waals surface area contributed by atoms with Gasteiger partial charge in [-0.15, -0.1) is 0 Å². The van der Waals surface area contributed by atoms with Gasteiger partial charge in [-0.3, -0.25) is 4.79 Å². The Hall–Kier alpha value is -3.45. The molecule has 0 saturated heterocycles. The Morgan fingerprint density at radius 2 is 1.83 bits per heavy atom. The van der Waals surface area contributed by atoms with Crippen LogP contribution in [0, 0.1) is 11.6 Å². The Kier molecular flexibility index (Phi) is 5.37. The van der Waals surface area contributed by atoms with E-state index in [1.165, 1.54) is 13.2 Å². The average Bonchev–Trinajstić information content (AvgIpc) is 3.10. The molecule has 4 aromatic rings. The van der Waals surface area contributed by atoms with E-state index in [4.69, 9.17) is 9.15 Å². The van der Waals surface area contributed by atoms with Crippen LogP contribution < -0.4 is 15.4 Å². The molecule has 0 aliphatic heterocycles. The number of rotatable bonds is 6. The molecule has 1 heterocycles. The van der Waals surface area contributed by atoms with E-state index < -0.39 is 11.6 Å². The van der Waals surface area contributed by atoms with Gasteiger partial charge in [-0.25, -0.2) is 8.78 Å². The number of methoxy groups -OCH3 is 1. The molecule has 0 fully saturated rings. The molecular weight excluding hydrogens is 390 g/mol. The fraction of sp³-hybridized carbons (Fsp3) is 0.174. The summed E-state index contributed by atoms with van der Waals surface area (Å²) >= 11 is 0. The minimum atomic E-state index is -0.922. The van der Waals surface area contributed by atoms with Crippen LogP contribution >= 0.6 is 0 Å². The highest BCUT2D eigenvalue weighted by Gasteiger charge is 2.15. The largest absolute Gasteiger partial charge is 0.495 e. The van der Waals surface area contributed by atoms with E-state index in [1.54, 1.807) is 13.0 Å². The Labute approximate surface area is 171 Å². The van der Waals surface area contributed by atoms with Crippen molar-refractivity contribution in [1.82, 2.24) is 5.32 Å². The smallest absolute Gasteiger partial charge is 0.238 e. The second-order valence-corrected chi connectivity index (χ2v) is 6.97. The van der Waals surface area contributed by atoms with E-state index in [2.05, 4.69) is 10.6 Å². The third-order valence-electron chi connectivity index (χ3n) is 4.99. The van der Waals surface area contributed by atoms with Crippen LogP contribution in [0.5, 0.6) is 5.75 Å². The first-order valence-electron chi connectivity index (χ1n) is 9.43. The van der Waals surface area contributed by atoms with Crippen LogP contribution in [0.1, 0.15) is 18.5 Å². The number of nitrogens with one attached hydrogen (secondary N) is 2. The van der Waals surface area contributed by atoms with Crippen LogP contribution in [0.4, 0.5) is 14.5 Å². The lowest BCUT2D eigenvalue weighted by Gasteiger charge is -2.15. The monoisotopic (exact) mass is 410 g/mol. The summed E-state index contributed by atoms with van der Waals surface area (Å²) in [5, 5.41) is 7.66. The molecule has 0 aliphatic carbocycles. The minimum Gasteiger partial charge on any atom is -0.495 e. The fourth-order valence-corrected chi connectivity index (χ4v) is 3.36. The van der Waals surface area contributed by atoms with Gasteiger partial charge in [-0.1, -0.05) is 24.3 Å². The highest BCUT2D eigenvalue weighted by molar-refractivity contribution is 6.07. The maximum atomic E-state index is 13.4. The molecular formula is C23H20F2N2O3. The molecule has 154 valence electrons. The summed E-state index contributed by atoms with van der Waals surface area (Å²) in [5.74, 6) is -1.62. The summed E-state index contributed by atoms with van der Waals surface area (Å²) < 4.78 is 37.8. The van der Waals surface area contributed by atoms with Crippen molar-refractivity contribution >= 4 is 33.5 Å². The lowest BCUT2D eigenvalue weighted by molar-refractivity contribution is -0.115. The number of carbonyl (C=O) groups is 1. The van der Waals surface area contributed by atoms with Crippen LogP contribution in [0.3, 0.4) is 0 Å². The number of ether oxygens (including phenoxy) is 1. The van der Waals surface area contributed by atoms with Gasteiger partial charge in [0.2, 0.25) is 5.91 Å². The fourth-order valence-electron chi connectivity index (χ4n) is 3.36. The number of benzene rings is 3. The number of hydrogen-bond acceptors (Lipinski definition) is 4. The van der Waals surface area contributed by atoms with Crippen LogP contribution in [0.15, 0.2) is 59.0 Å². The van der Waals surface area contributed by atoms with Gasteiger partial charge in [-0.2, -0.15) is 0 Å². The lowest BCUT2D eigenvalue weighted by Crippen LogP contribution is -2.30. The van der Waals surface area contributed by atoms with E-state index in [9.17, 15) is 13.6 Å². The number of fused-ring (bicyclic) bond motifs is 3. The van der Waals surface area contributed by atoms with Gasteiger partial charge in [-0.05, 0) is 36.8 Å². The van der Waals surface area contributed by atoms with E-state index >= 15 is 0 Å². The third-order valence-corrected chi connectivity index (χ3v) is 4.99. The first kappa shape index (κ1) is 19.8. The van der Waals surface area contributed by atoms with Gasteiger partial charge < -0.3 is 19.8 Å². The van der Waals surface area contributed by atoms with Crippen molar-refractivity contribution in [3.8, 4) is 5.75 Å². The van der Waals surface area contributed by atoms with Crippen LogP contribution in [0.25, 0.3) is 21.9 Å². The van der Waals surface area contributed by atoms with Crippen molar-refractivity contribution in [2.45, 2.75) is 13.0 Å². The van der Waals surface area contributed by atoms with Gasteiger partial charge in [0.25, 0.3) is 0 Å². The van der Waals surface area contributed by atoms with Crippen molar-refractivity contribution in [3.63, 3.8) is 0 Å². The number of amides is 1. The molecule has 1 atom stereocenters. The highest BCUT2D eigenvalue weighted by Crippen LogP contribution is 2.36. The third kappa shape index (κ3) is 3.84. The molecule has 0 spiro atoms. The number of para-hydroxylation sites is 1. The Balaban J connectivity index is 1.49. The molecule has 0 saturated carbocycles. The topological polar surface area (TPSA) is 63.5 Å². The summed E-state index contributed by atoms with van der Waals surface area (Å²) in [6.07, 6.45) is 0. The molecule has 7 heteroatoms. The van der Waals surface area contributed by atoms with Crippen LogP contribution in [0.2, 0.25) is 0 Å². The second kappa shape index (κ2) is 8.12. The molecule has 0 bridgehead atoms. The first-order valence-corrected chi connectivity index (χ1v) is 9.43. The van der Waals surface area contributed by atoms with Crippen molar-refractivity contribution in [3.05, 3.63) is 71.8 Å². The molecule has 0 aliphatic rings. The summed E-state index contributed by atoms with van der Waals surface area (Å²) in [7, 11) is 1.53. The van der Waals surface area contributed by atoms with E-state index in [0.717, 1.165) is 28.5 Å². The van der Waals surface area contributed by atoms with Gasteiger partial charge in [0.15, 0.2) is 11.6 Å². The zero-order valence-corrected chi connectivity index (χ0v) is 16.5. The Morgan fingerprint density at radius 3 is 2.60 bits per heavy atom. The van der Waals surface area contributed by atoms with E-state index in [1.807, 2.05) is 30.3 Å². The summed E-state index contributed by atoms with van der Waals surface area (Å²) in [6, 6.07) is 14.5. The molecule has 0 radical (unpaired) electrons. The van der Waals surface area contributed by atoms with Crippen molar-refractivity contribution in [2.75, 3.05) is 19.0 Å². The predicted molar refractivity (Wildman–Crippen MR) is 112 cm³/mol. The molecule has 4 rings (SSSR count). The summed E-state index contributed by atoms with van der Waals surface area (Å²) in [5.41, 5.74) is 2.41. The molecule has 1 aromatic heterocycles. The van der Waals surface area contributed by atoms with Gasteiger partial charge in [0.1, 0.15) is 16.9 Å².